The van der Waals surface area contributed by atoms with E-state index in [1.165, 1.54) is 34.0 Å². The Labute approximate surface area is 119 Å². The second kappa shape index (κ2) is 4.68. The summed E-state index contributed by atoms with van der Waals surface area (Å²) >= 11 is 0. The molecule has 0 amide bonds. The van der Waals surface area contributed by atoms with Crippen LogP contribution < -0.4 is 5.32 Å². The van der Waals surface area contributed by atoms with Crippen LogP contribution in [-0.4, -0.2) is 6.54 Å². The van der Waals surface area contributed by atoms with Crippen molar-refractivity contribution in [3.63, 3.8) is 0 Å². The van der Waals surface area contributed by atoms with Gasteiger partial charge in [-0.15, -0.1) is 0 Å². The van der Waals surface area contributed by atoms with Gasteiger partial charge in [0.25, 0.3) is 0 Å². The standard InChI is InChI=1S/C19H17N/c1-2-6-15-12-18(10-9-14(15)5-1)20-13-17-11-16-7-3-4-8-19(16)17/h1-10,12,17,20H,11,13H2. The van der Waals surface area contributed by atoms with E-state index in [1.54, 1.807) is 0 Å². The van der Waals surface area contributed by atoms with Crippen LogP contribution in [0, 0.1) is 0 Å². The SMILES string of the molecule is c1ccc2c(c1)CC2CNc1ccc2ccccc2c1. The molecular weight excluding hydrogens is 242 g/mol. The van der Waals surface area contributed by atoms with Gasteiger partial charge in [-0.25, -0.2) is 0 Å². The molecule has 0 fully saturated rings. The van der Waals surface area contributed by atoms with E-state index >= 15 is 0 Å². The summed E-state index contributed by atoms with van der Waals surface area (Å²) in [4.78, 5) is 0. The molecule has 0 bridgehead atoms. The minimum absolute atomic E-state index is 0.665. The third-order valence-electron chi connectivity index (χ3n) is 4.26. The molecule has 0 saturated carbocycles. The predicted octanol–water partition coefficient (Wildman–Crippen LogP) is 4.59. The Bertz CT molecular complexity index is 760. The van der Waals surface area contributed by atoms with Crippen LogP contribution in [0.3, 0.4) is 0 Å². The van der Waals surface area contributed by atoms with Gasteiger partial charge in [-0.3, -0.25) is 0 Å². The van der Waals surface area contributed by atoms with Crippen molar-refractivity contribution in [2.75, 3.05) is 11.9 Å². The van der Waals surface area contributed by atoms with E-state index in [2.05, 4.69) is 72.0 Å². The van der Waals surface area contributed by atoms with Crippen molar-refractivity contribution in [3.05, 3.63) is 77.9 Å². The molecule has 0 spiro atoms. The first-order valence-electron chi connectivity index (χ1n) is 7.21. The number of nitrogens with one attached hydrogen (secondary N) is 1. The number of fused-ring (bicyclic) bond motifs is 2. The summed E-state index contributed by atoms with van der Waals surface area (Å²) in [5.41, 5.74) is 4.24. The Balaban J connectivity index is 1.49. The molecule has 98 valence electrons. The molecule has 1 aliphatic carbocycles. The highest BCUT2D eigenvalue weighted by atomic mass is 14.9. The normalized spacial score (nSPS) is 16.5. The molecule has 3 aromatic rings. The van der Waals surface area contributed by atoms with Crippen LogP contribution in [0.15, 0.2) is 66.7 Å². The van der Waals surface area contributed by atoms with Crippen molar-refractivity contribution in [3.8, 4) is 0 Å². The zero-order chi connectivity index (χ0) is 13.4. The fourth-order valence-electron chi connectivity index (χ4n) is 3.09. The van der Waals surface area contributed by atoms with Crippen molar-refractivity contribution >= 4 is 16.5 Å². The van der Waals surface area contributed by atoms with E-state index in [0.717, 1.165) is 6.54 Å². The second-order valence-electron chi connectivity index (χ2n) is 5.54. The van der Waals surface area contributed by atoms with Gasteiger partial charge in [-0.2, -0.15) is 0 Å². The van der Waals surface area contributed by atoms with Crippen LogP contribution in [0.5, 0.6) is 0 Å². The van der Waals surface area contributed by atoms with Crippen molar-refractivity contribution in [2.45, 2.75) is 12.3 Å². The van der Waals surface area contributed by atoms with E-state index < -0.39 is 0 Å². The van der Waals surface area contributed by atoms with Gasteiger partial charge < -0.3 is 5.32 Å². The third-order valence-corrected chi connectivity index (χ3v) is 4.26. The molecule has 3 aromatic carbocycles. The lowest BCUT2D eigenvalue weighted by atomic mass is 9.77. The van der Waals surface area contributed by atoms with Gasteiger partial charge in [0.15, 0.2) is 0 Å². The number of benzene rings is 3. The molecule has 20 heavy (non-hydrogen) atoms. The maximum Gasteiger partial charge on any atom is 0.0346 e. The summed E-state index contributed by atoms with van der Waals surface area (Å²) < 4.78 is 0. The van der Waals surface area contributed by atoms with Gasteiger partial charge in [-0.1, -0.05) is 54.6 Å². The lowest BCUT2D eigenvalue weighted by Gasteiger charge is -2.30. The summed E-state index contributed by atoms with van der Waals surface area (Å²) in [6.07, 6.45) is 1.21. The maximum absolute atomic E-state index is 3.58. The van der Waals surface area contributed by atoms with Crippen LogP contribution in [-0.2, 0) is 6.42 Å². The number of anilines is 1. The maximum atomic E-state index is 3.58. The molecule has 0 radical (unpaired) electrons. The first kappa shape index (κ1) is 11.5. The van der Waals surface area contributed by atoms with Crippen molar-refractivity contribution < 1.29 is 0 Å². The summed E-state index contributed by atoms with van der Waals surface area (Å²) in [7, 11) is 0. The zero-order valence-electron chi connectivity index (χ0n) is 11.3. The molecular formula is C19H17N. The largest absolute Gasteiger partial charge is 0.384 e. The van der Waals surface area contributed by atoms with Crippen molar-refractivity contribution in [2.24, 2.45) is 0 Å². The van der Waals surface area contributed by atoms with Gasteiger partial charge in [0.2, 0.25) is 0 Å². The van der Waals surface area contributed by atoms with Gasteiger partial charge in [0, 0.05) is 18.2 Å². The molecule has 1 aliphatic rings. The summed E-state index contributed by atoms with van der Waals surface area (Å²) in [5, 5.41) is 6.18. The van der Waals surface area contributed by atoms with Crippen LogP contribution in [0.4, 0.5) is 5.69 Å². The Kier molecular flexibility index (Phi) is 2.70. The number of hydrogen-bond donors (Lipinski definition) is 1. The quantitative estimate of drug-likeness (QED) is 0.725. The van der Waals surface area contributed by atoms with E-state index in [9.17, 15) is 0 Å². The summed E-state index contributed by atoms with van der Waals surface area (Å²) in [6, 6.07) is 23.9. The summed E-state index contributed by atoms with van der Waals surface area (Å²) in [5.74, 6) is 0.665. The molecule has 1 N–H and O–H groups in total. The van der Waals surface area contributed by atoms with E-state index in [4.69, 9.17) is 0 Å². The van der Waals surface area contributed by atoms with Crippen LogP contribution in [0.2, 0.25) is 0 Å². The first-order valence-corrected chi connectivity index (χ1v) is 7.21. The fraction of sp³-hybridized carbons (Fsp3) is 0.158. The Morgan fingerprint density at radius 3 is 2.55 bits per heavy atom. The monoisotopic (exact) mass is 259 g/mol. The molecule has 0 aliphatic heterocycles. The lowest BCUT2D eigenvalue weighted by Crippen LogP contribution is -2.24. The fourth-order valence-corrected chi connectivity index (χ4v) is 3.09. The second-order valence-corrected chi connectivity index (χ2v) is 5.54. The van der Waals surface area contributed by atoms with E-state index in [-0.39, 0.29) is 0 Å². The highest BCUT2D eigenvalue weighted by Gasteiger charge is 2.24. The minimum Gasteiger partial charge on any atom is -0.384 e. The van der Waals surface area contributed by atoms with E-state index in [1.807, 2.05) is 0 Å². The Hall–Kier alpha value is -2.28. The Morgan fingerprint density at radius 1 is 0.850 bits per heavy atom. The van der Waals surface area contributed by atoms with Gasteiger partial charge in [0.05, 0.1) is 0 Å². The lowest BCUT2D eigenvalue weighted by molar-refractivity contribution is 0.636. The van der Waals surface area contributed by atoms with Crippen LogP contribution in [0.1, 0.15) is 17.0 Å². The van der Waals surface area contributed by atoms with Crippen molar-refractivity contribution in [1.82, 2.24) is 0 Å². The highest BCUT2D eigenvalue weighted by Crippen LogP contribution is 2.34. The first-order chi connectivity index (χ1) is 9.90. The van der Waals surface area contributed by atoms with Gasteiger partial charge in [0.1, 0.15) is 0 Å². The van der Waals surface area contributed by atoms with E-state index in [0.29, 0.717) is 5.92 Å². The topological polar surface area (TPSA) is 12.0 Å². The minimum atomic E-state index is 0.665. The average Bonchev–Trinajstić information content (AvgIpc) is 2.48. The van der Waals surface area contributed by atoms with Crippen LogP contribution >= 0.6 is 0 Å². The zero-order valence-corrected chi connectivity index (χ0v) is 11.3. The molecule has 1 nitrogen and oxygen atoms in total. The van der Waals surface area contributed by atoms with Gasteiger partial charge >= 0.3 is 0 Å². The molecule has 1 unspecified atom stereocenters. The molecule has 0 saturated heterocycles. The highest BCUT2D eigenvalue weighted by molar-refractivity contribution is 5.85. The smallest absolute Gasteiger partial charge is 0.0346 e. The van der Waals surface area contributed by atoms with Crippen molar-refractivity contribution in [1.29, 1.82) is 0 Å². The van der Waals surface area contributed by atoms with Gasteiger partial charge in [-0.05, 0) is 40.5 Å². The van der Waals surface area contributed by atoms with Crippen LogP contribution in [0.25, 0.3) is 10.8 Å². The predicted molar refractivity (Wildman–Crippen MR) is 85.3 cm³/mol. The number of rotatable bonds is 3. The number of hydrogen-bond acceptors (Lipinski definition) is 1. The molecule has 4 rings (SSSR count). The Morgan fingerprint density at radius 2 is 1.65 bits per heavy atom. The molecule has 1 atom stereocenters. The average molecular weight is 259 g/mol. The third kappa shape index (κ3) is 1.96. The molecule has 0 aromatic heterocycles. The summed E-state index contributed by atoms with van der Waals surface area (Å²) in [6.45, 7) is 1.02. The molecule has 0 heterocycles. The molecule has 1 heteroatoms.